The fourth-order valence-corrected chi connectivity index (χ4v) is 3.14. The summed E-state index contributed by atoms with van der Waals surface area (Å²) in [5.41, 5.74) is 8.11. The average Bonchev–Trinajstić information content (AvgIpc) is 3.00. The molecule has 1 aromatic rings. The predicted octanol–water partition coefficient (Wildman–Crippen LogP) is 5.32. The van der Waals surface area contributed by atoms with Gasteiger partial charge < -0.3 is 10.3 Å². The van der Waals surface area contributed by atoms with Gasteiger partial charge in [-0.25, -0.2) is 0 Å². The quantitative estimate of drug-likeness (QED) is 0.773. The molecular weight excluding hydrogens is 268 g/mol. The Kier molecular flexibility index (Phi) is 5.21. The van der Waals surface area contributed by atoms with Crippen LogP contribution >= 0.6 is 0 Å². The Hall–Kier alpha value is -2.48. The van der Waals surface area contributed by atoms with E-state index in [1.54, 1.807) is 0 Å². The zero-order valence-corrected chi connectivity index (χ0v) is 11.5. The van der Waals surface area contributed by atoms with Gasteiger partial charge in [0.15, 0.2) is 0 Å². The van der Waals surface area contributed by atoms with Crippen molar-refractivity contribution >= 4 is 18.2 Å². The number of aromatic amines is 1. The fraction of sp³-hybridized carbons (Fsp3) is 0.200. The van der Waals surface area contributed by atoms with Crippen molar-refractivity contribution in [1.29, 1.82) is 0 Å². The second-order valence-electron chi connectivity index (χ2n) is 5.01. The summed E-state index contributed by atoms with van der Waals surface area (Å²) in [5, 5.41) is 3.43. The molecule has 116 valence electrons. The van der Waals surface area contributed by atoms with Crippen molar-refractivity contribution in [2.45, 2.75) is 21.3 Å². The topological polar surface area (TPSA) is 27.8 Å². The van der Waals surface area contributed by atoms with E-state index in [2.05, 4.69) is 42.7 Å². The van der Waals surface area contributed by atoms with E-state index in [1.807, 2.05) is 24.3 Å². The van der Waals surface area contributed by atoms with Crippen LogP contribution in [0.25, 0.3) is 18.2 Å². The lowest BCUT2D eigenvalue weighted by Crippen LogP contribution is -2.16. The standard InChI is InChI=1S/C18H18N2.2CH4/c1-5-11-13-9-14-12(6-2)16(8-4)20-18(14)10-17(13)19-15(11)7-3;;/h5-8,10,13,19-20H,1-4,9H2;2*1H4. The number of rotatable bonds is 4. The van der Waals surface area contributed by atoms with Crippen LogP contribution in [0.5, 0.6) is 0 Å². The van der Waals surface area contributed by atoms with Crippen molar-refractivity contribution in [3.8, 4) is 0 Å². The van der Waals surface area contributed by atoms with E-state index >= 15 is 0 Å². The molecule has 0 amide bonds. The van der Waals surface area contributed by atoms with E-state index in [4.69, 9.17) is 0 Å². The summed E-state index contributed by atoms with van der Waals surface area (Å²) >= 11 is 0. The molecule has 2 heteroatoms. The lowest BCUT2D eigenvalue weighted by molar-refractivity contribution is 0.717. The van der Waals surface area contributed by atoms with Crippen LogP contribution in [0.4, 0.5) is 0 Å². The molecule has 0 aromatic carbocycles. The first-order chi connectivity index (χ1) is 9.73. The zero-order valence-electron chi connectivity index (χ0n) is 11.5. The average molecular weight is 294 g/mol. The lowest BCUT2D eigenvalue weighted by Gasteiger charge is -2.19. The maximum atomic E-state index is 3.93. The summed E-state index contributed by atoms with van der Waals surface area (Å²) < 4.78 is 0. The Morgan fingerprint density at radius 3 is 2.27 bits per heavy atom. The Bertz CT molecular complexity index is 696. The summed E-state index contributed by atoms with van der Waals surface area (Å²) in [5.74, 6) is 0.333. The number of fused-ring (bicyclic) bond motifs is 2. The number of hydrogen-bond acceptors (Lipinski definition) is 1. The molecule has 2 N–H and O–H groups in total. The van der Waals surface area contributed by atoms with Crippen molar-refractivity contribution in [3.63, 3.8) is 0 Å². The third-order valence-corrected chi connectivity index (χ3v) is 4.09. The molecule has 0 fully saturated rings. The largest absolute Gasteiger partial charge is 0.358 e. The van der Waals surface area contributed by atoms with Crippen molar-refractivity contribution in [2.24, 2.45) is 5.92 Å². The molecule has 22 heavy (non-hydrogen) atoms. The van der Waals surface area contributed by atoms with Gasteiger partial charge in [0, 0.05) is 34.3 Å². The van der Waals surface area contributed by atoms with Crippen molar-refractivity contribution < 1.29 is 0 Å². The Morgan fingerprint density at radius 2 is 1.73 bits per heavy atom. The van der Waals surface area contributed by atoms with Crippen LogP contribution in [0.1, 0.15) is 37.4 Å². The minimum absolute atomic E-state index is 0. The van der Waals surface area contributed by atoms with Gasteiger partial charge in [0.25, 0.3) is 0 Å². The fourth-order valence-electron chi connectivity index (χ4n) is 3.14. The van der Waals surface area contributed by atoms with Gasteiger partial charge in [0.2, 0.25) is 0 Å². The molecule has 0 spiro atoms. The van der Waals surface area contributed by atoms with Crippen molar-refractivity contribution in [2.75, 3.05) is 0 Å². The predicted molar refractivity (Wildman–Crippen MR) is 100 cm³/mol. The first-order valence-corrected chi connectivity index (χ1v) is 6.70. The molecule has 2 aliphatic rings. The molecule has 2 heterocycles. The molecule has 1 aliphatic heterocycles. The summed E-state index contributed by atoms with van der Waals surface area (Å²) in [7, 11) is 0. The van der Waals surface area contributed by atoms with Gasteiger partial charge in [0.1, 0.15) is 0 Å². The third-order valence-electron chi connectivity index (χ3n) is 4.09. The van der Waals surface area contributed by atoms with Gasteiger partial charge in [-0.05, 0) is 35.8 Å². The SMILES string of the molecule is C.C.C=CC1=C(C=C)C2Cc3c([nH]c(C=C)c3C=C)C=C2N1. The number of hydrogen-bond donors (Lipinski definition) is 2. The van der Waals surface area contributed by atoms with E-state index < -0.39 is 0 Å². The van der Waals surface area contributed by atoms with Crippen LogP contribution in [-0.2, 0) is 6.42 Å². The van der Waals surface area contributed by atoms with Gasteiger partial charge >= 0.3 is 0 Å². The molecule has 0 bridgehead atoms. The number of nitrogens with one attached hydrogen (secondary N) is 2. The maximum Gasteiger partial charge on any atom is 0.0455 e. The maximum absolute atomic E-state index is 3.93. The van der Waals surface area contributed by atoms with Crippen molar-refractivity contribution in [3.05, 3.63) is 77.9 Å². The second-order valence-corrected chi connectivity index (χ2v) is 5.01. The van der Waals surface area contributed by atoms with Gasteiger partial charge in [-0.15, -0.1) is 0 Å². The normalized spacial score (nSPS) is 17.8. The lowest BCUT2D eigenvalue weighted by atomic mass is 9.85. The first-order valence-electron chi connectivity index (χ1n) is 6.70. The first kappa shape index (κ1) is 17.6. The summed E-state index contributed by atoms with van der Waals surface area (Å²) in [6.45, 7) is 15.6. The third kappa shape index (κ3) is 2.31. The van der Waals surface area contributed by atoms with E-state index in [9.17, 15) is 0 Å². The minimum Gasteiger partial charge on any atom is -0.358 e. The molecule has 0 saturated carbocycles. The van der Waals surface area contributed by atoms with Crippen LogP contribution in [0.3, 0.4) is 0 Å². The molecule has 2 nitrogen and oxygen atoms in total. The van der Waals surface area contributed by atoms with Gasteiger partial charge in [-0.3, -0.25) is 0 Å². The van der Waals surface area contributed by atoms with Crippen LogP contribution < -0.4 is 5.32 Å². The molecule has 0 saturated heterocycles. The van der Waals surface area contributed by atoms with Crippen LogP contribution in [-0.4, -0.2) is 4.98 Å². The van der Waals surface area contributed by atoms with Crippen LogP contribution in [0.2, 0.25) is 0 Å². The van der Waals surface area contributed by atoms with Gasteiger partial charge in [-0.2, -0.15) is 0 Å². The highest BCUT2D eigenvalue weighted by atomic mass is 14.9. The summed E-state index contributed by atoms with van der Waals surface area (Å²) in [6, 6.07) is 0. The molecule has 1 atom stereocenters. The van der Waals surface area contributed by atoms with Gasteiger partial charge in [-0.1, -0.05) is 53.3 Å². The Labute approximate surface area is 134 Å². The number of H-pyrrole nitrogens is 1. The second kappa shape index (κ2) is 6.52. The molecule has 1 aliphatic carbocycles. The molecule has 1 unspecified atom stereocenters. The van der Waals surface area contributed by atoms with E-state index in [-0.39, 0.29) is 14.9 Å². The number of aromatic nitrogens is 1. The van der Waals surface area contributed by atoms with E-state index in [1.165, 1.54) is 16.8 Å². The molecule has 0 radical (unpaired) electrons. The monoisotopic (exact) mass is 294 g/mol. The highest BCUT2D eigenvalue weighted by Gasteiger charge is 2.32. The minimum atomic E-state index is 0. The zero-order chi connectivity index (χ0) is 14.3. The van der Waals surface area contributed by atoms with Crippen LogP contribution in [0.15, 0.2) is 55.4 Å². The van der Waals surface area contributed by atoms with Crippen LogP contribution in [0, 0.1) is 5.92 Å². The van der Waals surface area contributed by atoms with E-state index in [0.717, 1.165) is 29.1 Å². The van der Waals surface area contributed by atoms with E-state index in [0.29, 0.717) is 5.92 Å². The van der Waals surface area contributed by atoms with Gasteiger partial charge in [0.05, 0.1) is 0 Å². The highest BCUT2D eigenvalue weighted by molar-refractivity contribution is 5.74. The molecule has 3 rings (SSSR count). The Morgan fingerprint density at radius 1 is 1.00 bits per heavy atom. The highest BCUT2D eigenvalue weighted by Crippen LogP contribution is 2.40. The van der Waals surface area contributed by atoms with Crippen molar-refractivity contribution in [1.82, 2.24) is 10.3 Å². The molecular formula is C20H26N2. The summed E-state index contributed by atoms with van der Waals surface area (Å²) in [4.78, 5) is 3.41. The molecule has 1 aromatic heterocycles. The summed E-state index contributed by atoms with van der Waals surface area (Å²) in [6.07, 6.45) is 10.6. The smallest absolute Gasteiger partial charge is 0.0455 e. The number of allylic oxidation sites excluding steroid dienone is 3. The Balaban J connectivity index is 0.00000121.